The van der Waals surface area contributed by atoms with Gasteiger partial charge in [-0.15, -0.1) is 0 Å². The summed E-state index contributed by atoms with van der Waals surface area (Å²) in [7, 11) is 1.62. The number of para-hydroxylation sites is 1. The lowest BCUT2D eigenvalue weighted by Crippen LogP contribution is -2.02. The van der Waals surface area contributed by atoms with E-state index in [4.69, 9.17) is 9.47 Å². The minimum absolute atomic E-state index is 0.00115. The van der Waals surface area contributed by atoms with Gasteiger partial charge in [-0.05, 0) is 41.5 Å². The van der Waals surface area contributed by atoms with E-state index < -0.39 is 0 Å². The zero-order chi connectivity index (χ0) is 20.1. The number of aromatic nitrogens is 1. The highest BCUT2D eigenvalue weighted by atomic mass is 16.5. The van der Waals surface area contributed by atoms with Gasteiger partial charge in [0, 0.05) is 22.7 Å². The molecular weight excluding hydrogens is 362 g/mol. The van der Waals surface area contributed by atoms with Crippen molar-refractivity contribution in [2.75, 3.05) is 7.11 Å². The molecule has 144 valence electrons. The lowest BCUT2D eigenvalue weighted by Gasteiger charge is -2.11. The highest BCUT2D eigenvalue weighted by Gasteiger charge is 2.06. The van der Waals surface area contributed by atoms with E-state index >= 15 is 0 Å². The van der Waals surface area contributed by atoms with Gasteiger partial charge in [-0.25, -0.2) is 0 Å². The van der Waals surface area contributed by atoms with Crippen molar-refractivity contribution >= 4 is 23.1 Å². The number of rotatable bonds is 6. The molecule has 1 N–H and O–H groups in total. The molecule has 0 saturated carbocycles. The van der Waals surface area contributed by atoms with E-state index in [9.17, 15) is 4.79 Å². The van der Waals surface area contributed by atoms with Gasteiger partial charge < -0.3 is 14.5 Å². The Morgan fingerprint density at radius 3 is 2.48 bits per heavy atom. The second-order valence-electron chi connectivity index (χ2n) is 6.65. The van der Waals surface area contributed by atoms with Crippen LogP contribution in [0.4, 0.5) is 0 Å². The number of nitrogens with one attached hydrogen (secondary N) is 1. The van der Waals surface area contributed by atoms with Gasteiger partial charge >= 0.3 is 0 Å². The van der Waals surface area contributed by atoms with Crippen LogP contribution in [0.1, 0.15) is 16.8 Å². The summed E-state index contributed by atoms with van der Waals surface area (Å²) in [5.41, 5.74) is 3.61. The molecule has 0 unspecified atom stereocenters. The van der Waals surface area contributed by atoms with Crippen molar-refractivity contribution in [3.05, 3.63) is 106 Å². The van der Waals surface area contributed by atoms with Crippen LogP contribution in [0.25, 0.3) is 23.1 Å². The van der Waals surface area contributed by atoms with Crippen LogP contribution >= 0.6 is 0 Å². The zero-order valence-corrected chi connectivity index (χ0v) is 16.1. The Kier molecular flexibility index (Phi) is 5.43. The highest BCUT2D eigenvalue weighted by Crippen LogP contribution is 2.29. The summed E-state index contributed by atoms with van der Waals surface area (Å²) >= 11 is 0. The number of hydrogen-bond donors (Lipinski definition) is 1. The molecule has 3 aromatic carbocycles. The molecule has 0 aliphatic carbocycles. The number of benzene rings is 3. The number of pyridine rings is 1. The summed E-state index contributed by atoms with van der Waals surface area (Å²) in [6.45, 7) is 0.477. The van der Waals surface area contributed by atoms with Crippen molar-refractivity contribution in [3.8, 4) is 11.5 Å². The molecule has 0 aliphatic rings. The number of ether oxygens (including phenoxy) is 2. The maximum atomic E-state index is 12.3. The van der Waals surface area contributed by atoms with Crippen molar-refractivity contribution in [1.29, 1.82) is 0 Å². The smallest absolute Gasteiger partial charge is 0.189 e. The summed E-state index contributed by atoms with van der Waals surface area (Å²) in [4.78, 5) is 15.5. The lowest BCUT2D eigenvalue weighted by atomic mass is 10.1. The van der Waals surface area contributed by atoms with Gasteiger partial charge in [0.15, 0.2) is 16.9 Å². The monoisotopic (exact) mass is 383 g/mol. The van der Waals surface area contributed by atoms with E-state index in [0.29, 0.717) is 23.5 Å². The standard InChI is InChI=1S/C25H21NO3/c1-28-25-15-18(12-14-24(25)29-17-19-7-3-2-4-8-19)11-13-20-16-23(27)21-9-5-6-10-22(21)26-20/h2-16H,17H2,1H3,(H,26,27)/b13-11+. The number of aromatic amines is 1. The topological polar surface area (TPSA) is 51.3 Å². The van der Waals surface area contributed by atoms with E-state index in [1.165, 1.54) is 0 Å². The number of methoxy groups -OCH3 is 1. The van der Waals surface area contributed by atoms with E-state index in [2.05, 4.69) is 4.98 Å². The van der Waals surface area contributed by atoms with Gasteiger partial charge in [-0.3, -0.25) is 4.79 Å². The first-order chi connectivity index (χ1) is 14.2. The van der Waals surface area contributed by atoms with Gasteiger partial charge in [0.25, 0.3) is 0 Å². The first-order valence-corrected chi connectivity index (χ1v) is 9.38. The van der Waals surface area contributed by atoms with Crippen molar-refractivity contribution < 1.29 is 9.47 Å². The third kappa shape index (κ3) is 4.38. The fraction of sp³-hybridized carbons (Fsp3) is 0.0800. The molecule has 4 aromatic rings. The van der Waals surface area contributed by atoms with Crippen molar-refractivity contribution in [2.24, 2.45) is 0 Å². The van der Waals surface area contributed by atoms with E-state index in [0.717, 1.165) is 22.3 Å². The number of H-pyrrole nitrogens is 1. The zero-order valence-electron chi connectivity index (χ0n) is 16.1. The first kappa shape index (κ1) is 18.6. The molecule has 4 heteroatoms. The summed E-state index contributed by atoms with van der Waals surface area (Å²) in [6, 6.07) is 24.9. The Labute approximate surface area is 169 Å². The average Bonchev–Trinajstić information content (AvgIpc) is 2.77. The van der Waals surface area contributed by atoms with Gasteiger partial charge in [0.05, 0.1) is 7.11 Å². The normalized spacial score (nSPS) is 11.1. The summed E-state index contributed by atoms with van der Waals surface area (Å²) < 4.78 is 11.4. The maximum Gasteiger partial charge on any atom is 0.189 e. The van der Waals surface area contributed by atoms with Crippen LogP contribution in [0.5, 0.6) is 11.5 Å². The molecule has 0 spiro atoms. The number of fused-ring (bicyclic) bond motifs is 1. The molecule has 4 rings (SSSR count). The fourth-order valence-electron chi connectivity index (χ4n) is 3.14. The molecule has 0 amide bonds. The Balaban J connectivity index is 1.54. The van der Waals surface area contributed by atoms with Crippen LogP contribution in [-0.2, 0) is 6.61 Å². The molecule has 0 aliphatic heterocycles. The third-order valence-electron chi connectivity index (χ3n) is 4.64. The molecule has 1 aromatic heterocycles. The molecular formula is C25H21NO3. The summed E-state index contributed by atoms with van der Waals surface area (Å²) in [5, 5.41) is 0.686. The lowest BCUT2D eigenvalue weighted by molar-refractivity contribution is 0.284. The van der Waals surface area contributed by atoms with Crippen molar-refractivity contribution in [3.63, 3.8) is 0 Å². The molecule has 0 saturated heterocycles. The molecule has 4 nitrogen and oxygen atoms in total. The van der Waals surface area contributed by atoms with Crippen LogP contribution in [0.15, 0.2) is 83.7 Å². The molecule has 0 fully saturated rings. The molecule has 0 radical (unpaired) electrons. The van der Waals surface area contributed by atoms with Crippen LogP contribution in [0.2, 0.25) is 0 Å². The van der Waals surface area contributed by atoms with E-state index in [-0.39, 0.29) is 5.43 Å². The Morgan fingerprint density at radius 1 is 0.862 bits per heavy atom. The van der Waals surface area contributed by atoms with Gasteiger partial charge in [-0.1, -0.05) is 54.6 Å². The quantitative estimate of drug-likeness (QED) is 0.492. The van der Waals surface area contributed by atoms with Crippen LogP contribution in [0, 0.1) is 0 Å². The van der Waals surface area contributed by atoms with E-state index in [1.807, 2.05) is 84.9 Å². The van der Waals surface area contributed by atoms with Gasteiger partial charge in [0.1, 0.15) is 6.61 Å². The second kappa shape index (κ2) is 8.48. The SMILES string of the molecule is COc1cc(/C=C/c2cc(=O)c3ccccc3[nH]2)ccc1OCc1ccccc1. The molecule has 0 atom stereocenters. The Hall–Kier alpha value is -3.79. The summed E-state index contributed by atoms with van der Waals surface area (Å²) in [6.07, 6.45) is 3.82. The van der Waals surface area contributed by atoms with Gasteiger partial charge in [-0.2, -0.15) is 0 Å². The molecule has 29 heavy (non-hydrogen) atoms. The largest absolute Gasteiger partial charge is 0.493 e. The Morgan fingerprint density at radius 2 is 1.66 bits per heavy atom. The van der Waals surface area contributed by atoms with Crippen LogP contribution in [-0.4, -0.2) is 12.1 Å². The third-order valence-corrected chi connectivity index (χ3v) is 4.64. The number of hydrogen-bond acceptors (Lipinski definition) is 3. The van der Waals surface area contributed by atoms with Crippen LogP contribution < -0.4 is 14.9 Å². The minimum atomic E-state index is 0.00115. The predicted octanol–water partition coefficient (Wildman–Crippen LogP) is 5.29. The van der Waals surface area contributed by atoms with Crippen molar-refractivity contribution in [2.45, 2.75) is 6.61 Å². The fourth-order valence-corrected chi connectivity index (χ4v) is 3.14. The van der Waals surface area contributed by atoms with Crippen LogP contribution in [0.3, 0.4) is 0 Å². The predicted molar refractivity (Wildman–Crippen MR) is 117 cm³/mol. The molecule has 0 bridgehead atoms. The van der Waals surface area contributed by atoms with E-state index in [1.54, 1.807) is 13.2 Å². The van der Waals surface area contributed by atoms with Gasteiger partial charge in [0.2, 0.25) is 0 Å². The second-order valence-corrected chi connectivity index (χ2v) is 6.65. The molecule has 1 heterocycles. The minimum Gasteiger partial charge on any atom is -0.493 e. The first-order valence-electron chi connectivity index (χ1n) is 9.38. The van der Waals surface area contributed by atoms with Crippen molar-refractivity contribution in [1.82, 2.24) is 4.98 Å². The average molecular weight is 383 g/mol. The summed E-state index contributed by atoms with van der Waals surface area (Å²) in [5.74, 6) is 1.35. The maximum absolute atomic E-state index is 12.3. The highest BCUT2D eigenvalue weighted by molar-refractivity contribution is 5.80. The Bertz CT molecular complexity index is 1210.